The summed E-state index contributed by atoms with van der Waals surface area (Å²) in [5, 5.41) is 5.55. The summed E-state index contributed by atoms with van der Waals surface area (Å²) in [6.45, 7) is 4.08. The standard InChI is InChI=1S/C17H24N4OS/c1-11-12-10-15(23-17(12)20(3)18-11)16(22)21-9-5-7-14(21)13-6-4-8-19(13)2/h10,13-14H,4-9H2,1-3H3/t13-,14+/m1/s1. The van der Waals surface area contributed by atoms with Crippen molar-refractivity contribution in [1.82, 2.24) is 19.6 Å². The largest absolute Gasteiger partial charge is 0.333 e. The fourth-order valence-corrected chi connectivity index (χ4v) is 5.40. The summed E-state index contributed by atoms with van der Waals surface area (Å²) in [5.74, 6) is 0.216. The highest BCUT2D eigenvalue weighted by Crippen LogP contribution is 2.33. The Labute approximate surface area is 140 Å². The summed E-state index contributed by atoms with van der Waals surface area (Å²) in [4.78, 5) is 19.6. The highest BCUT2D eigenvalue weighted by Gasteiger charge is 2.39. The number of likely N-dealkylation sites (N-methyl/N-ethyl adjacent to an activating group) is 1. The molecule has 0 aromatic carbocycles. The van der Waals surface area contributed by atoms with E-state index in [2.05, 4.69) is 21.9 Å². The van der Waals surface area contributed by atoms with Crippen molar-refractivity contribution in [3.05, 3.63) is 16.6 Å². The maximum Gasteiger partial charge on any atom is 0.264 e. The van der Waals surface area contributed by atoms with Crippen molar-refractivity contribution in [1.29, 1.82) is 0 Å². The number of rotatable bonds is 2. The zero-order valence-electron chi connectivity index (χ0n) is 14.1. The third-order valence-corrected chi connectivity index (χ3v) is 6.68. The third-order valence-electron chi connectivity index (χ3n) is 5.49. The molecule has 0 bridgehead atoms. The average molecular weight is 332 g/mol. The third kappa shape index (κ3) is 2.39. The Kier molecular flexibility index (Phi) is 3.69. The molecular formula is C17H24N4OS. The lowest BCUT2D eigenvalue weighted by atomic mass is 10.0. The predicted octanol–water partition coefficient (Wildman–Crippen LogP) is 2.64. The summed E-state index contributed by atoms with van der Waals surface area (Å²) in [6.07, 6.45) is 4.76. The Hall–Kier alpha value is -1.40. The molecule has 1 amide bonds. The molecule has 2 aliphatic rings. The topological polar surface area (TPSA) is 41.4 Å². The Bertz CT molecular complexity index is 715. The minimum Gasteiger partial charge on any atom is -0.333 e. The molecule has 2 aromatic rings. The number of carbonyl (C=O) groups is 1. The lowest BCUT2D eigenvalue weighted by Gasteiger charge is -2.33. The molecule has 0 spiro atoms. The fraction of sp³-hybridized carbons (Fsp3) is 0.647. The Balaban J connectivity index is 1.62. The van der Waals surface area contributed by atoms with Crippen molar-refractivity contribution < 1.29 is 4.79 Å². The average Bonchev–Trinajstić information content (AvgIpc) is 3.26. The van der Waals surface area contributed by atoms with Gasteiger partial charge < -0.3 is 9.80 Å². The molecule has 124 valence electrons. The minimum absolute atomic E-state index is 0.216. The minimum atomic E-state index is 0.216. The molecule has 5 nitrogen and oxygen atoms in total. The van der Waals surface area contributed by atoms with Gasteiger partial charge in [-0.3, -0.25) is 9.48 Å². The number of carbonyl (C=O) groups excluding carboxylic acids is 1. The van der Waals surface area contributed by atoms with Crippen LogP contribution in [0.5, 0.6) is 0 Å². The van der Waals surface area contributed by atoms with Crippen LogP contribution in [0.15, 0.2) is 6.07 Å². The van der Waals surface area contributed by atoms with Gasteiger partial charge in [-0.2, -0.15) is 5.10 Å². The number of nitrogens with zero attached hydrogens (tertiary/aromatic N) is 4. The lowest BCUT2D eigenvalue weighted by Crippen LogP contribution is -2.46. The SMILES string of the molecule is Cc1nn(C)c2sc(C(=O)N3CCC[C@H]3[C@H]3CCCN3C)cc12. The first-order valence-electron chi connectivity index (χ1n) is 8.50. The molecule has 2 saturated heterocycles. The number of thiophene rings is 1. The molecule has 2 atom stereocenters. The van der Waals surface area contributed by atoms with Gasteiger partial charge in [0.25, 0.3) is 5.91 Å². The van der Waals surface area contributed by atoms with Gasteiger partial charge in [-0.25, -0.2) is 0 Å². The first-order chi connectivity index (χ1) is 11.1. The van der Waals surface area contributed by atoms with Crippen LogP contribution in [-0.4, -0.2) is 57.7 Å². The van der Waals surface area contributed by atoms with Crippen LogP contribution in [0.3, 0.4) is 0 Å². The maximum atomic E-state index is 13.1. The number of hydrogen-bond acceptors (Lipinski definition) is 4. The highest BCUT2D eigenvalue weighted by molar-refractivity contribution is 7.20. The number of hydrogen-bond donors (Lipinski definition) is 0. The molecule has 2 aliphatic heterocycles. The number of likely N-dealkylation sites (tertiary alicyclic amines) is 2. The van der Waals surface area contributed by atoms with Gasteiger partial charge in [-0.05, 0) is 52.3 Å². The Morgan fingerprint density at radius 2 is 1.96 bits per heavy atom. The zero-order chi connectivity index (χ0) is 16.1. The van der Waals surface area contributed by atoms with E-state index in [0.29, 0.717) is 12.1 Å². The van der Waals surface area contributed by atoms with Gasteiger partial charge in [0.05, 0.1) is 10.6 Å². The van der Waals surface area contributed by atoms with E-state index in [4.69, 9.17) is 0 Å². The molecular weight excluding hydrogens is 308 g/mol. The van der Waals surface area contributed by atoms with Crippen molar-refractivity contribution in [2.75, 3.05) is 20.1 Å². The maximum absolute atomic E-state index is 13.1. The van der Waals surface area contributed by atoms with Crippen LogP contribution in [0, 0.1) is 6.92 Å². The molecule has 0 N–H and O–H groups in total. The Morgan fingerprint density at radius 1 is 1.22 bits per heavy atom. The number of fused-ring (bicyclic) bond motifs is 1. The quantitative estimate of drug-likeness (QED) is 0.849. The van der Waals surface area contributed by atoms with Crippen LogP contribution >= 0.6 is 11.3 Å². The van der Waals surface area contributed by atoms with E-state index in [-0.39, 0.29) is 5.91 Å². The van der Waals surface area contributed by atoms with Gasteiger partial charge in [-0.15, -0.1) is 11.3 Å². The lowest BCUT2D eigenvalue weighted by molar-refractivity contribution is 0.0669. The molecule has 0 radical (unpaired) electrons. The second kappa shape index (κ2) is 5.60. The molecule has 0 unspecified atom stereocenters. The van der Waals surface area contributed by atoms with Crippen LogP contribution in [-0.2, 0) is 7.05 Å². The van der Waals surface area contributed by atoms with E-state index in [1.54, 1.807) is 11.3 Å². The molecule has 0 saturated carbocycles. The molecule has 4 rings (SSSR count). The summed E-state index contributed by atoms with van der Waals surface area (Å²) in [7, 11) is 4.15. The Morgan fingerprint density at radius 3 is 2.65 bits per heavy atom. The first-order valence-corrected chi connectivity index (χ1v) is 9.32. The molecule has 0 aliphatic carbocycles. The van der Waals surface area contributed by atoms with Crippen molar-refractivity contribution in [3.63, 3.8) is 0 Å². The fourth-order valence-electron chi connectivity index (χ4n) is 4.32. The van der Waals surface area contributed by atoms with E-state index in [9.17, 15) is 4.79 Å². The van der Waals surface area contributed by atoms with Crippen LogP contribution in [0.4, 0.5) is 0 Å². The summed E-state index contributed by atoms with van der Waals surface area (Å²) in [6, 6.07) is 2.97. The second-order valence-corrected chi connectivity index (χ2v) is 7.97. The van der Waals surface area contributed by atoms with Gasteiger partial charge in [0.2, 0.25) is 0 Å². The highest BCUT2D eigenvalue weighted by atomic mass is 32.1. The molecule has 2 fully saturated rings. The van der Waals surface area contributed by atoms with Crippen molar-refractivity contribution >= 4 is 27.5 Å². The van der Waals surface area contributed by atoms with Crippen LogP contribution in [0.2, 0.25) is 0 Å². The van der Waals surface area contributed by atoms with E-state index in [0.717, 1.165) is 46.7 Å². The molecule has 23 heavy (non-hydrogen) atoms. The predicted molar refractivity (Wildman–Crippen MR) is 93.0 cm³/mol. The number of aromatic nitrogens is 2. The van der Waals surface area contributed by atoms with E-state index >= 15 is 0 Å². The van der Waals surface area contributed by atoms with Crippen LogP contribution < -0.4 is 0 Å². The monoisotopic (exact) mass is 332 g/mol. The first kappa shape index (κ1) is 15.1. The van der Waals surface area contributed by atoms with Crippen LogP contribution in [0.25, 0.3) is 10.2 Å². The van der Waals surface area contributed by atoms with E-state index in [1.807, 2.05) is 24.7 Å². The number of aryl methyl sites for hydroxylation is 2. The van der Waals surface area contributed by atoms with E-state index in [1.165, 1.54) is 12.8 Å². The normalized spacial score (nSPS) is 25.8. The van der Waals surface area contributed by atoms with Gasteiger partial charge in [0, 0.05) is 31.1 Å². The van der Waals surface area contributed by atoms with Crippen molar-refractivity contribution in [3.8, 4) is 0 Å². The van der Waals surface area contributed by atoms with Crippen LogP contribution in [0.1, 0.15) is 41.0 Å². The summed E-state index contributed by atoms with van der Waals surface area (Å²) in [5.41, 5.74) is 1.01. The second-order valence-electron chi connectivity index (χ2n) is 6.94. The van der Waals surface area contributed by atoms with E-state index < -0.39 is 0 Å². The molecule has 2 aromatic heterocycles. The van der Waals surface area contributed by atoms with Crippen molar-refractivity contribution in [2.45, 2.75) is 44.7 Å². The smallest absolute Gasteiger partial charge is 0.264 e. The van der Waals surface area contributed by atoms with Gasteiger partial charge in [0.15, 0.2) is 0 Å². The summed E-state index contributed by atoms with van der Waals surface area (Å²) < 4.78 is 1.89. The molecule has 4 heterocycles. The van der Waals surface area contributed by atoms with Crippen molar-refractivity contribution in [2.24, 2.45) is 7.05 Å². The summed E-state index contributed by atoms with van der Waals surface area (Å²) >= 11 is 1.58. The van der Waals surface area contributed by atoms with Gasteiger partial charge in [0.1, 0.15) is 4.83 Å². The number of amides is 1. The van der Waals surface area contributed by atoms with Gasteiger partial charge in [-0.1, -0.05) is 0 Å². The zero-order valence-corrected chi connectivity index (χ0v) is 14.9. The molecule has 6 heteroatoms. The van der Waals surface area contributed by atoms with Gasteiger partial charge >= 0.3 is 0 Å².